The van der Waals surface area contributed by atoms with Crippen molar-refractivity contribution in [3.8, 4) is 11.4 Å². The van der Waals surface area contributed by atoms with Gasteiger partial charge in [-0.1, -0.05) is 12.1 Å². The Labute approximate surface area is 220 Å². The van der Waals surface area contributed by atoms with Crippen LogP contribution < -0.4 is 10.6 Å². The highest BCUT2D eigenvalue weighted by Gasteiger charge is 2.48. The van der Waals surface area contributed by atoms with Gasteiger partial charge in [0, 0.05) is 28.4 Å². The molecule has 7 heteroatoms. The lowest BCUT2D eigenvalue weighted by molar-refractivity contribution is -0.0119. The molecule has 4 aromatic rings. The summed E-state index contributed by atoms with van der Waals surface area (Å²) in [7, 11) is 0. The first-order valence-electron chi connectivity index (χ1n) is 13.5. The van der Waals surface area contributed by atoms with Gasteiger partial charge in [-0.15, -0.1) is 0 Å². The van der Waals surface area contributed by atoms with Gasteiger partial charge in [-0.05, 0) is 110 Å². The zero-order chi connectivity index (χ0) is 25.8. The van der Waals surface area contributed by atoms with Crippen LogP contribution in [0, 0.1) is 29.5 Å². The molecule has 1 aromatic heterocycles. The number of hydrogen-bond acceptors (Lipinski definition) is 3. The lowest BCUT2D eigenvalue weighted by atomic mass is 9.54. The molecular weight excluding hydrogens is 479 g/mol. The number of halogens is 1. The van der Waals surface area contributed by atoms with E-state index in [2.05, 4.69) is 20.6 Å². The van der Waals surface area contributed by atoms with Gasteiger partial charge in [0.05, 0.1) is 11.0 Å². The first-order valence-corrected chi connectivity index (χ1v) is 13.5. The maximum atomic E-state index is 13.2. The zero-order valence-corrected chi connectivity index (χ0v) is 20.9. The fourth-order valence-corrected chi connectivity index (χ4v) is 7.20. The van der Waals surface area contributed by atoms with Crippen molar-refractivity contribution in [3.63, 3.8) is 0 Å². The van der Waals surface area contributed by atoms with Gasteiger partial charge in [0.15, 0.2) is 0 Å². The van der Waals surface area contributed by atoms with Crippen molar-refractivity contribution in [2.24, 2.45) is 23.7 Å². The molecule has 4 fully saturated rings. The van der Waals surface area contributed by atoms with Crippen molar-refractivity contribution in [2.45, 2.75) is 38.1 Å². The summed E-state index contributed by atoms with van der Waals surface area (Å²) in [4.78, 5) is 33.8. The smallest absolute Gasteiger partial charge is 0.255 e. The van der Waals surface area contributed by atoms with Gasteiger partial charge >= 0.3 is 0 Å². The Morgan fingerprint density at radius 1 is 0.789 bits per heavy atom. The summed E-state index contributed by atoms with van der Waals surface area (Å²) in [6.45, 7) is 0. The van der Waals surface area contributed by atoms with E-state index in [1.165, 1.54) is 56.4 Å². The number of aromatic nitrogens is 2. The molecule has 4 aliphatic rings. The molecule has 4 aliphatic carbocycles. The van der Waals surface area contributed by atoms with Gasteiger partial charge in [0.2, 0.25) is 0 Å². The van der Waals surface area contributed by atoms with Crippen molar-refractivity contribution in [2.75, 3.05) is 5.32 Å². The molecule has 3 N–H and O–H groups in total. The zero-order valence-electron chi connectivity index (χ0n) is 20.9. The summed E-state index contributed by atoms with van der Waals surface area (Å²) in [5.41, 5.74) is 4.08. The molecule has 0 radical (unpaired) electrons. The minimum absolute atomic E-state index is 0.00274. The fraction of sp³-hybridized carbons (Fsp3) is 0.323. The number of benzene rings is 3. The van der Waals surface area contributed by atoms with Gasteiger partial charge in [-0.2, -0.15) is 0 Å². The average Bonchev–Trinajstić information content (AvgIpc) is 3.35. The summed E-state index contributed by atoms with van der Waals surface area (Å²) < 4.78 is 13.1. The standard InChI is InChI=1S/C31H29FN4O2/c32-24-6-8-25(9-7-24)33-30(37)20-3-1-19(2-4-20)29-34-26-10-5-21(16-27(26)35-29)31(38)36-28-22-12-17-11-18(14-22)15-23(28)13-17/h1-10,16-18,22-23,28H,11-15H2,(H,33,37)(H,34,35)(H,36,38). The van der Waals surface area contributed by atoms with Crippen LogP contribution in [0.15, 0.2) is 66.7 Å². The van der Waals surface area contributed by atoms with Crippen LogP contribution in [0.4, 0.5) is 10.1 Å². The molecule has 1 heterocycles. The predicted octanol–water partition coefficient (Wildman–Crippen LogP) is 6.18. The minimum Gasteiger partial charge on any atom is -0.349 e. The normalized spacial score (nSPS) is 25.4. The Balaban J connectivity index is 1.05. The highest BCUT2D eigenvalue weighted by atomic mass is 19.1. The molecule has 192 valence electrons. The van der Waals surface area contributed by atoms with E-state index < -0.39 is 0 Å². The number of aromatic amines is 1. The van der Waals surface area contributed by atoms with Gasteiger partial charge in [0.25, 0.3) is 11.8 Å². The molecule has 2 amide bonds. The number of rotatable bonds is 5. The van der Waals surface area contributed by atoms with Crippen LogP contribution in [-0.4, -0.2) is 27.8 Å². The molecule has 0 saturated heterocycles. The van der Waals surface area contributed by atoms with E-state index in [1.807, 2.05) is 30.3 Å². The van der Waals surface area contributed by atoms with E-state index in [0.29, 0.717) is 40.5 Å². The number of fused-ring (bicyclic) bond motifs is 1. The molecule has 38 heavy (non-hydrogen) atoms. The highest BCUT2D eigenvalue weighted by Crippen LogP contribution is 2.53. The third-order valence-electron chi connectivity index (χ3n) is 8.79. The summed E-state index contributed by atoms with van der Waals surface area (Å²) >= 11 is 0. The number of anilines is 1. The monoisotopic (exact) mass is 508 g/mol. The van der Waals surface area contributed by atoms with E-state index in [9.17, 15) is 14.0 Å². The summed E-state index contributed by atoms with van der Waals surface area (Å²) in [6.07, 6.45) is 6.49. The number of carbonyl (C=O) groups excluding carboxylic acids is 2. The quantitative estimate of drug-likeness (QED) is 0.301. The molecular formula is C31H29FN4O2. The minimum atomic E-state index is -0.353. The van der Waals surface area contributed by atoms with Crippen molar-refractivity contribution in [1.82, 2.24) is 15.3 Å². The predicted molar refractivity (Wildman–Crippen MR) is 144 cm³/mol. The maximum Gasteiger partial charge on any atom is 0.255 e. The second-order valence-electron chi connectivity index (χ2n) is 11.3. The molecule has 0 atom stereocenters. The van der Waals surface area contributed by atoms with Gasteiger partial charge in [0.1, 0.15) is 11.6 Å². The summed E-state index contributed by atoms with van der Waals surface area (Å²) in [5.74, 6) is 3.07. The number of nitrogens with zero attached hydrogens (tertiary/aromatic N) is 1. The third-order valence-corrected chi connectivity index (χ3v) is 8.79. The number of nitrogens with one attached hydrogen (secondary N) is 3. The number of amides is 2. The molecule has 0 spiro atoms. The summed E-state index contributed by atoms with van der Waals surface area (Å²) in [5, 5.41) is 6.15. The second kappa shape index (κ2) is 9.08. The number of hydrogen-bond donors (Lipinski definition) is 3. The first-order chi connectivity index (χ1) is 18.5. The largest absolute Gasteiger partial charge is 0.349 e. The first kappa shape index (κ1) is 23.1. The van der Waals surface area contributed by atoms with Crippen LogP contribution in [0.2, 0.25) is 0 Å². The SMILES string of the molecule is O=C(Nc1ccc(F)cc1)c1ccc(-c2nc3ccc(C(=O)NC4C5CC6CC(C5)CC4C6)cc3[nH]2)cc1. The van der Waals surface area contributed by atoms with E-state index in [4.69, 9.17) is 0 Å². The van der Waals surface area contributed by atoms with Crippen LogP contribution in [-0.2, 0) is 0 Å². The third kappa shape index (κ3) is 4.26. The van der Waals surface area contributed by atoms with Crippen LogP contribution in [0.25, 0.3) is 22.4 Å². The van der Waals surface area contributed by atoms with Gasteiger partial charge in [-0.25, -0.2) is 9.37 Å². The Hall–Kier alpha value is -4.00. The van der Waals surface area contributed by atoms with E-state index in [1.54, 1.807) is 12.1 Å². The number of carbonyl (C=O) groups is 2. The molecule has 3 aromatic carbocycles. The molecule has 6 nitrogen and oxygen atoms in total. The Kier molecular flexibility index (Phi) is 5.53. The lowest BCUT2D eigenvalue weighted by Crippen LogP contribution is -2.55. The second-order valence-corrected chi connectivity index (χ2v) is 11.3. The average molecular weight is 509 g/mol. The Bertz CT molecular complexity index is 1500. The number of H-pyrrole nitrogens is 1. The maximum absolute atomic E-state index is 13.2. The van der Waals surface area contributed by atoms with Crippen LogP contribution >= 0.6 is 0 Å². The van der Waals surface area contributed by atoms with Crippen LogP contribution in [0.3, 0.4) is 0 Å². The van der Waals surface area contributed by atoms with Crippen molar-refractivity contribution < 1.29 is 14.0 Å². The Morgan fingerprint density at radius 3 is 2.13 bits per heavy atom. The lowest BCUT2D eigenvalue weighted by Gasteiger charge is -2.54. The van der Waals surface area contributed by atoms with E-state index >= 15 is 0 Å². The van der Waals surface area contributed by atoms with Gasteiger partial charge in [-0.3, -0.25) is 9.59 Å². The highest BCUT2D eigenvalue weighted by molar-refractivity contribution is 6.04. The van der Waals surface area contributed by atoms with Gasteiger partial charge < -0.3 is 15.6 Å². The van der Waals surface area contributed by atoms with Crippen molar-refractivity contribution >= 4 is 28.5 Å². The number of imidazole rings is 1. The molecule has 8 rings (SSSR count). The van der Waals surface area contributed by atoms with E-state index in [-0.39, 0.29) is 17.6 Å². The fourth-order valence-electron chi connectivity index (χ4n) is 7.20. The molecule has 4 bridgehead atoms. The van der Waals surface area contributed by atoms with Crippen molar-refractivity contribution in [1.29, 1.82) is 0 Å². The topological polar surface area (TPSA) is 86.9 Å². The van der Waals surface area contributed by atoms with Crippen LogP contribution in [0.1, 0.15) is 52.8 Å². The Morgan fingerprint density at radius 2 is 1.45 bits per heavy atom. The summed E-state index contributed by atoms with van der Waals surface area (Å²) in [6, 6.07) is 18.7. The molecule has 4 saturated carbocycles. The van der Waals surface area contributed by atoms with Crippen LogP contribution in [0.5, 0.6) is 0 Å². The van der Waals surface area contributed by atoms with E-state index in [0.717, 1.165) is 28.4 Å². The van der Waals surface area contributed by atoms with Crippen molar-refractivity contribution in [3.05, 3.63) is 83.7 Å². The molecule has 0 unspecified atom stereocenters. The molecule has 0 aliphatic heterocycles.